The van der Waals surface area contributed by atoms with E-state index in [9.17, 15) is 17.3 Å². The van der Waals surface area contributed by atoms with E-state index >= 15 is 0 Å². The molecule has 0 aromatic rings. The Labute approximate surface area is 99.1 Å². The maximum absolute atomic E-state index is 11.8. The highest BCUT2D eigenvalue weighted by molar-refractivity contribution is 6.69. The maximum atomic E-state index is 11.8. The van der Waals surface area contributed by atoms with Crippen molar-refractivity contribution in [3.8, 4) is 12.3 Å². The average molecular weight is 286 g/mol. The van der Waals surface area contributed by atoms with Gasteiger partial charge in [-0.1, -0.05) is 6.58 Å². The van der Waals surface area contributed by atoms with Crippen molar-refractivity contribution in [1.29, 1.82) is 0 Å². The summed E-state index contributed by atoms with van der Waals surface area (Å²) < 4.78 is 43.8. The fourth-order valence-electron chi connectivity index (χ4n) is 0. The smallest absolute Gasteiger partial charge is 0.409 e. The first-order valence-electron chi connectivity index (χ1n) is 3.74. The molecule has 0 aromatic heterocycles. The fourth-order valence-corrected chi connectivity index (χ4v) is 0. The number of halogens is 6. The number of allylic oxidation sites excluding steroid dienone is 1. The second-order valence-electron chi connectivity index (χ2n) is 3.10. The normalized spacial score (nSPS) is 7.94. The molecule has 0 spiro atoms. The van der Waals surface area contributed by atoms with E-state index in [4.69, 9.17) is 0 Å². The Bertz CT molecular complexity index is 173. The van der Waals surface area contributed by atoms with E-state index in [1.165, 1.54) is 0 Å². The molecule has 0 aliphatic heterocycles. The van der Waals surface area contributed by atoms with Crippen LogP contribution in [0.5, 0.6) is 0 Å². The number of alkyl halides is 3. The van der Waals surface area contributed by atoms with E-state index in [1.807, 2.05) is 0 Å². The zero-order valence-corrected chi connectivity index (χ0v) is 11.2. The van der Waals surface area contributed by atoms with Crippen LogP contribution in [0.25, 0.3) is 0 Å². The standard InChI is InChI=1S/C3H3F3.C3H9FSi.C3H4.2FH.H2O/c1-2-3(4,5)6;1-5(2,3)4;1-3-2;;;/h2H,1H2;1-3H3;1H,2H3;2*1H;1H2. The molecular formula is C9H20F6OSi. The lowest BCUT2D eigenvalue weighted by atomic mass is 10.6. The van der Waals surface area contributed by atoms with Crippen molar-refractivity contribution in [2.45, 2.75) is 32.7 Å². The average Bonchev–Trinajstić information content (AvgIpc) is 1.84. The lowest BCUT2D eigenvalue weighted by Gasteiger charge is -1.95. The van der Waals surface area contributed by atoms with Crippen LogP contribution in [0.15, 0.2) is 12.7 Å². The van der Waals surface area contributed by atoms with Gasteiger partial charge in [0.05, 0.1) is 0 Å². The van der Waals surface area contributed by atoms with Crippen molar-refractivity contribution < 1.29 is 32.2 Å². The van der Waals surface area contributed by atoms with Gasteiger partial charge in [0.15, 0.2) is 0 Å². The molecule has 0 atom stereocenters. The second-order valence-corrected chi connectivity index (χ2v) is 7.24. The molecule has 0 amide bonds. The second kappa shape index (κ2) is 17.5. The van der Waals surface area contributed by atoms with Gasteiger partial charge in [0, 0.05) is 6.08 Å². The van der Waals surface area contributed by atoms with Crippen LogP contribution in [0.2, 0.25) is 19.6 Å². The molecule has 0 aliphatic carbocycles. The monoisotopic (exact) mass is 286 g/mol. The maximum Gasteiger partial charge on any atom is 0.409 e. The predicted octanol–water partition coefficient (Wildman–Crippen LogP) is 3.65. The Balaban J connectivity index is -0.0000000256. The van der Waals surface area contributed by atoms with E-state index < -0.39 is 14.6 Å². The van der Waals surface area contributed by atoms with Crippen LogP contribution < -0.4 is 0 Å². The molecule has 17 heavy (non-hydrogen) atoms. The zero-order chi connectivity index (χ0) is 12.4. The van der Waals surface area contributed by atoms with Crippen molar-refractivity contribution in [2.75, 3.05) is 0 Å². The summed E-state index contributed by atoms with van der Waals surface area (Å²) in [5.74, 6) is 2.25. The third kappa shape index (κ3) is 607. The van der Waals surface area contributed by atoms with Crippen LogP contribution in [0.4, 0.5) is 26.7 Å². The summed E-state index contributed by atoms with van der Waals surface area (Å²) in [6.45, 7) is 9.14. The summed E-state index contributed by atoms with van der Waals surface area (Å²) in [6.07, 6.45) is 0.340. The van der Waals surface area contributed by atoms with Gasteiger partial charge in [-0.05, 0) is 26.6 Å². The third-order valence-corrected chi connectivity index (χ3v) is 0.231. The van der Waals surface area contributed by atoms with Crippen molar-refractivity contribution >= 4 is 8.41 Å². The van der Waals surface area contributed by atoms with Gasteiger partial charge in [-0.15, -0.1) is 12.3 Å². The fraction of sp³-hybridized carbons (Fsp3) is 0.556. The molecule has 108 valence electrons. The summed E-state index contributed by atoms with van der Waals surface area (Å²) in [4.78, 5) is 0. The van der Waals surface area contributed by atoms with Gasteiger partial charge in [-0.25, -0.2) is 0 Å². The van der Waals surface area contributed by atoms with Gasteiger partial charge < -0.3 is 9.58 Å². The van der Waals surface area contributed by atoms with Crippen molar-refractivity contribution in [1.82, 2.24) is 0 Å². The molecule has 0 fully saturated rings. The first-order chi connectivity index (χ1) is 5.97. The van der Waals surface area contributed by atoms with Crippen molar-refractivity contribution in [2.24, 2.45) is 0 Å². The third-order valence-electron chi connectivity index (χ3n) is 0.231. The topological polar surface area (TPSA) is 31.5 Å². The molecule has 0 saturated heterocycles. The van der Waals surface area contributed by atoms with Gasteiger partial charge in [-0.2, -0.15) is 13.2 Å². The summed E-state index contributed by atoms with van der Waals surface area (Å²) in [6, 6.07) is 0. The molecule has 0 saturated carbocycles. The molecule has 2 N–H and O–H groups in total. The zero-order valence-electron chi connectivity index (χ0n) is 10.2. The van der Waals surface area contributed by atoms with E-state index in [-0.39, 0.29) is 21.0 Å². The minimum absolute atomic E-state index is 0. The van der Waals surface area contributed by atoms with Gasteiger partial charge in [0.1, 0.15) is 0 Å². The summed E-state index contributed by atoms with van der Waals surface area (Å²) in [7, 11) is -2.11. The molecule has 0 bridgehead atoms. The van der Waals surface area contributed by atoms with E-state index in [0.717, 1.165) is 0 Å². The highest BCUT2D eigenvalue weighted by Crippen LogP contribution is 2.13. The molecule has 0 rings (SSSR count). The van der Waals surface area contributed by atoms with Crippen LogP contribution in [0, 0.1) is 12.3 Å². The number of rotatable bonds is 0. The minimum atomic E-state index is -4.19. The Morgan fingerprint density at radius 2 is 1.24 bits per heavy atom. The van der Waals surface area contributed by atoms with E-state index in [1.54, 1.807) is 26.6 Å². The van der Waals surface area contributed by atoms with Gasteiger partial charge in [-0.3, -0.25) is 9.41 Å². The Morgan fingerprint density at radius 3 is 1.24 bits per heavy atom. The molecule has 0 radical (unpaired) electrons. The lowest BCUT2D eigenvalue weighted by molar-refractivity contribution is -0.0795. The van der Waals surface area contributed by atoms with Crippen LogP contribution >= 0.6 is 0 Å². The Hall–Kier alpha value is -0.943. The van der Waals surface area contributed by atoms with Crippen molar-refractivity contribution in [3.63, 3.8) is 0 Å². The van der Waals surface area contributed by atoms with E-state index in [0.29, 0.717) is 0 Å². The van der Waals surface area contributed by atoms with Gasteiger partial charge >= 0.3 is 6.18 Å². The number of terminal acetylenes is 1. The predicted molar refractivity (Wildman–Crippen MR) is 63.8 cm³/mol. The van der Waals surface area contributed by atoms with Gasteiger partial charge in [0.25, 0.3) is 0 Å². The highest BCUT2D eigenvalue weighted by atomic mass is 28.4. The molecule has 1 nitrogen and oxygen atoms in total. The molecule has 0 heterocycles. The first kappa shape index (κ1) is 36.0. The summed E-state index contributed by atoms with van der Waals surface area (Å²) in [5.41, 5.74) is 0. The lowest BCUT2D eigenvalue weighted by Crippen LogP contribution is -2.08. The minimum Gasteiger partial charge on any atom is -0.412 e. The summed E-state index contributed by atoms with van der Waals surface area (Å²) >= 11 is 0. The molecule has 0 aliphatic rings. The number of hydrogen-bond donors (Lipinski definition) is 0. The molecule has 0 unspecified atom stereocenters. The van der Waals surface area contributed by atoms with Crippen LogP contribution in [-0.2, 0) is 0 Å². The van der Waals surface area contributed by atoms with E-state index in [2.05, 4.69) is 18.9 Å². The highest BCUT2D eigenvalue weighted by Gasteiger charge is 2.19. The largest absolute Gasteiger partial charge is 0.412 e. The Morgan fingerprint density at radius 1 is 1.18 bits per heavy atom. The number of hydrogen-bond acceptors (Lipinski definition) is 0. The van der Waals surface area contributed by atoms with Gasteiger partial charge in [0.2, 0.25) is 8.41 Å². The van der Waals surface area contributed by atoms with Crippen molar-refractivity contribution in [3.05, 3.63) is 12.7 Å². The van der Waals surface area contributed by atoms with Crippen LogP contribution in [-0.4, -0.2) is 20.1 Å². The molecule has 0 aromatic carbocycles. The quantitative estimate of drug-likeness (QED) is 0.214. The molecule has 8 heteroatoms. The Kier molecular flexibility index (Phi) is 36.9. The van der Waals surface area contributed by atoms with Crippen LogP contribution in [0.1, 0.15) is 6.92 Å². The molecular weight excluding hydrogens is 266 g/mol. The first-order valence-corrected chi connectivity index (χ1v) is 7.12. The SMILES string of the molecule is C#CC.C=CC(F)(F)F.C[Si](C)(C)F.F.F.O. The van der Waals surface area contributed by atoms with Crippen LogP contribution in [0.3, 0.4) is 0 Å². The summed E-state index contributed by atoms with van der Waals surface area (Å²) in [5, 5.41) is 0.